The zero-order valence-corrected chi connectivity index (χ0v) is 20.6. The van der Waals surface area contributed by atoms with Crippen LogP contribution in [0.15, 0.2) is 73.3 Å². The van der Waals surface area contributed by atoms with Crippen LogP contribution in [0.25, 0.3) is 27.8 Å². The minimum atomic E-state index is 0.213. The molecule has 9 nitrogen and oxygen atoms in total. The predicted molar refractivity (Wildman–Crippen MR) is 144 cm³/mol. The highest BCUT2D eigenvalue weighted by Gasteiger charge is 2.20. The summed E-state index contributed by atoms with van der Waals surface area (Å²) in [6.07, 6.45) is 7.51. The molecule has 37 heavy (non-hydrogen) atoms. The van der Waals surface area contributed by atoms with Crippen LogP contribution < -0.4 is 10.6 Å². The van der Waals surface area contributed by atoms with Gasteiger partial charge in [-0.1, -0.05) is 30.3 Å². The number of hydrogen-bond acceptors (Lipinski definition) is 7. The number of pyridine rings is 2. The molecule has 0 bridgehead atoms. The van der Waals surface area contributed by atoms with E-state index in [1.165, 1.54) is 5.56 Å². The number of piperazine rings is 1. The van der Waals surface area contributed by atoms with Crippen LogP contribution in [0.4, 0.5) is 11.6 Å². The van der Waals surface area contributed by atoms with Gasteiger partial charge < -0.3 is 10.6 Å². The van der Waals surface area contributed by atoms with Crippen molar-refractivity contribution in [2.75, 3.05) is 36.8 Å². The summed E-state index contributed by atoms with van der Waals surface area (Å²) in [5, 5.41) is 18.5. The summed E-state index contributed by atoms with van der Waals surface area (Å²) in [5.74, 6) is 1.17. The first kappa shape index (κ1) is 22.8. The Morgan fingerprint density at radius 2 is 1.76 bits per heavy atom. The fourth-order valence-electron chi connectivity index (χ4n) is 4.96. The Labute approximate surface area is 215 Å². The Morgan fingerprint density at radius 3 is 2.43 bits per heavy atom. The van der Waals surface area contributed by atoms with Gasteiger partial charge in [-0.05, 0) is 23.8 Å². The number of fused-ring (bicyclic) bond motifs is 1. The van der Waals surface area contributed by atoms with Crippen LogP contribution in [-0.2, 0) is 13.6 Å². The molecule has 5 heterocycles. The molecule has 1 aliphatic rings. The van der Waals surface area contributed by atoms with Crippen molar-refractivity contribution in [3.8, 4) is 28.3 Å². The molecule has 0 atom stereocenters. The second kappa shape index (κ2) is 9.41. The minimum absolute atomic E-state index is 0.213. The Hall–Kier alpha value is -4.68. The molecule has 184 valence electrons. The topological polar surface area (TPSA) is 104 Å². The molecule has 0 aliphatic carbocycles. The van der Waals surface area contributed by atoms with Gasteiger partial charge in [0.05, 0.1) is 11.7 Å². The molecule has 1 saturated heterocycles. The van der Waals surface area contributed by atoms with Crippen molar-refractivity contribution in [2.24, 2.45) is 7.05 Å². The normalized spacial score (nSPS) is 14.2. The molecule has 9 heteroatoms. The van der Waals surface area contributed by atoms with Crippen LogP contribution in [-0.4, -0.2) is 55.5 Å². The summed E-state index contributed by atoms with van der Waals surface area (Å²) in [6.45, 7) is 4.81. The molecule has 1 fully saturated rings. The van der Waals surface area contributed by atoms with Crippen molar-refractivity contribution < 1.29 is 0 Å². The third-order valence-electron chi connectivity index (χ3n) is 6.91. The lowest BCUT2D eigenvalue weighted by Crippen LogP contribution is -2.46. The monoisotopic (exact) mass is 489 g/mol. The van der Waals surface area contributed by atoms with Crippen molar-refractivity contribution in [3.63, 3.8) is 0 Å². The van der Waals surface area contributed by atoms with Crippen molar-refractivity contribution in [3.05, 3.63) is 84.4 Å². The number of benzene rings is 1. The van der Waals surface area contributed by atoms with Crippen LogP contribution in [0, 0.1) is 11.3 Å². The first-order valence-electron chi connectivity index (χ1n) is 12.3. The molecule has 1 aromatic carbocycles. The number of nitriles is 1. The number of nitrogen functional groups attached to an aromatic ring is 1. The highest BCUT2D eigenvalue weighted by Crippen LogP contribution is 2.34. The molecule has 6 rings (SSSR count). The Kier molecular flexibility index (Phi) is 5.79. The number of aromatic nitrogens is 5. The van der Waals surface area contributed by atoms with E-state index >= 15 is 0 Å². The molecule has 1 aliphatic heterocycles. The molecule has 0 saturated carbocycles. The summed E-state index contributed by atoms with van der Waals surface area (Å²) in [6, 6.07) is 19.0. The maximum absolute atomic E-state index is 9.77. The maximum Gasteiger partial charge on any atom is 0.164 e. The summed E-state index contributed by atoms with van der Waals surface area (Å²) >= 11 is 0. The Balaban J connectivity index is 1.27. The maximum atomic E-state index is 9.77. The molecule has 0 amide bonds. The zero-order valence-electron chi connectivity index (χ0n) is 20.6. The first-order chi connectivity index (χ1) is 18.1. The van der Waals surface area contributed by atoms with Gasteiger partial charge in [0.25, 0.3) is 0 Å². The van der Waals surface area contributed by atoms with E-state index in [2.05, 4.69) is 68.5 Å². The molecule has 0 spiro atoms. The molecule has 0 radical (unpaired) electrons. The lowest BCUT2D eigenvalue weighted by atomic mass is 10.0. The average Bonchev–Trinajstić information content (AvgIpc) is 3.51. The van der Waals surface area contributed by atoms with E-state index in [1.54, 1.807) is 9.20 Å². The minimum Gasteiger partial charge on any atom is -0.381 e. The number of anilines is 2. The van der Waals surface area contributed by atoms with Gasteiger partial charge in [-0.2, -0.15) is 10.4 Å². The molecule has 5 aromatic rings. The van der Waals surface area contributed by atoms with Gasteiger partial charge in [0.15, 0.2) is 5.82 Å². The molecular formula is C28H27N9. The van der Waals surface area contributed by atoms with Crippen LogP contribution in [0.1, 0.15) is 11.1 Å². The highest BCUT2D eigenvalue weighted by molar-refractivity contribution is 5.90. The van der Waals surface area contributed by atoms with Crippen LogP contribution in [0.3, 0.4) is 0 Å². The van der Waals surface area contributed by atoms with Crippen LogP contribution in [0.5, 0.6) is 0 Å². The average molecular weight is 490 g/mol. The third kappa shape index (κ3) is 4.39. The van der Waals surface area contributed by atoms with Crippen molar-refractivity contribution in [2.45, 2.75) is 6.54 Å². The van der Waals surface area contributed by atoms with E-state index in [-0.39, 0.29) is 5.82 Å². The number of nitrogens with zero attached hydrogens (tertiary/aromatic N) is 8. The van der Waals surface area contributed by atoms with Crippen LogP contribution in [0.2, 0.25) is 0 Å². The van der Waals surface area contributed by atoms with Gasteiger partial charge in [-0.3, -0.25) is 9.58 Å². The van der Waals surface area contributed by atoms with E-state index in [0.29, 0.717) is 11.1 Å². The summed E-state index contributed by atoms with van der Waals surface area (Å²) in [4.78, 5) is 9.61. The predicted octanol–water partition coefficient (Wildman–Crippen LogP) is 3.57. The SMILES string of the molecule is Cn1cc(-c2cc(-c3ccc(N4CCN(Cc5ccccc5)CC4)nc3)c3c(C#N)c(N)nn3c2)cn1. The standard InChI is InChI=1S/C28H27N9/c1-34-18-23(16-32-34)22-13-24(27-25(14-29)28(30)33-37(27)19-22)21-7-8-26(31-15-21)36-11-9-35(10-12-36)17-20-5-3-2-4-6-20/h2-8,13,15-16,18-19H,9-12,17H2,1H3,(H2,30,33). The van der Waals surface area contributed by atoms with E-state index < -0.39 is 0 Å². The summed E-state index contributed by atoms with van der Waals surface area (Å²) in [7, 11) is 1.88. The molecule has 2 N–H and O–H groups in total. The number of hydrogen-bond donors (Lipinski definition) is 1. The van der Waals surface area contributed by atoms with Gasteiger partial charge in [0, 0.05) is 80.6 Å². The quantitative estimate of drug-likeness (QED) is 0.402. The van der Waals surface area contributed by atoms with E-state index in [0.717, 1.165) is 60.8 Å². The third-order valence-corrected chi connectivity index (χ3v) is 6.91. The van der Waals surface area contributed by atoms with Gasteiger partial charge in [0.1, 0.15) is 17.5 Å². The fourth-order valence-corrected chi connectivity index (χ4v) is 4.96. The largest absolute Gasteiger partial charge is 0.381 e. The van der Waals surface area contributed by atoms with Crippen molar-refractivity contribution >= 4 is 17.2 Å². The number of aryl methyl sites for hydroxylation is 1. The molecule has 4 aromatic heterocycles. The first-order valence-corrected chi connectivity index (χ1v) is 12.3. The lowest BCUT2D eigenvalue weighted by Gasteiger charge is -2.35. The van der Waals surface area contributed by atoms with Gasteiger partial charge in [0.2, 0.25) is 0 Å². The van der Waals surface area contributed by atoms with E-state index in [9.17, 15) is 5.26 Å². The highest BCUT2D eigenvalue weighted by atomic mass is 15.3. The second-order valence-corrected chi connectivity index (χ2v) is 9.36. The van der Waals surface area contributed by atoms with Crippen molar-refractivity contribution in [1.29, 1.82) is 5.26 Å². The Morgan fingerprint density at radius 1 is 0.946 bits per heavy atom. The van der Waals surface area contributed by atoms with Gasteiger partial charge >= 0.3 is 0 Å². The second-order valence-electron chi connectivity index (χ2n) is 9.36. The van der Waals surface area contributed by atoms with Gasteiger partial charge in [-0.25, -0.2) is 9.50 Å². The zero-order chi connectivity index (χ0) is 25.4. The molecular weight excluding hydrogens is 462 g/mol. The lowest BCUT2D eigenvalue weighted by molar-refractivity contribution is 0.249. The fraction of sp³-hybridized carbons (Fsp3) is 0.214. The van der Waals surface area contributed by atoms with Crippen LogP contribution >= 0.6 is 0 Å². The Bertz CT molecular complexity index is 1580. The molecule has 0 unspecified atom stereocenters. The number of nitrogens with two attached hydrogens (primary N) is 1. The summed E-state index contributed by atoms with van der Waals surface area (Å²) in [5.41, 5.74) is 12.1. The van der Waals surface area contributed by atoms with E-state index in [4.69, 9.17) is 10.7 Å². The van der Waals surface area contributed by atoms with Gasteiger partial charge in [-0.15, -0.1) is 5.10 Å². The smallest absolute Gasteiger partial charge is 0.164 e. The summed E-state index contributed by atoms with van der Waals surface area (Å²) < 4.78 is 3.44. The number of rotatable bonds is 5. The van der Waals surface area contributed by atoms with Crippen molar-refractivity contribution in [1.82, 2.24) is 29.3 Å². The van der Waals surface area contributed by atoms with E-state index in [1.807, 2.05) is 37.9 Å².